The fourth-order valence-electron chi connectivity index (χ4n) is 2.83. The zero-order valence-corrected chi connectivity index (χ0v) is 15.0. The zero-order valence-electron chi connectivity index (χ0n) is 14.3. The van der Waals surface area contributed by atoms with E-state index in [0.29, 0.717) is 10.9 Å². The lowest BCUT2D eigenvalue weighted by atomic mass is 10.1. The molecule has 0 aliphatic heterocycles. The van der Waals surface area contributed by atoms with Crippen molar-refractivity contribution in [1.82, 2.24) is 9.97 Å². The molecule has 26 heavy (non-hydrogen) atoms. The molecule has 2 heterocycles. The number of pyridine rings is 2. The van der Waals surface area contributed by atoms with Crippen LogP contribution in [-0.4, -0.2) is 24.2 Å². The molecule has 5 nitrogen and oxygen atoms in total. The van der Waals surface area contributed by atoms with Crippen LogP contribution in [0.15, 0.2) is 54.6 Å². The van der Waals surface area contributed by atoms with Gasteiger partial charge >= 0.3 is 0 Å². The molecule has 4 rings (SSSR count). The number of anilines is 2. The number of hydrogen-bond acceptors (Lipinski definition) is 5. The van der Waals surface area contributed by atoms with Crippen molar-refractivity contribution < 1.29 is 9.47 Å². The van der Waals surface area contributed by atoms with Crippen LogP contribution in [0.5, 0.6) is 11.6 Å². The van der Waals surface area contributed by atoms with E-state index in [4.69, 9.17) is 21.1 Å². The second-order valence-electron chi connectivity index (χ2n) is 5.72. The number of nitrogens with one attached hydrogen (secondary N) is 1. The highest BCUT2D eigenvalue weighted by atomic mass is 35.5. The molecule has 0 atom stereocenters. The van der Waals surface area contributed by atoms with Crippen molar-refractivity contribution >= 4 is 44.9 Å². The first-order valence-corrected chi connectivity index (χ1v) is 8.41. The Morgan fingerprint density at radius 3 is 2.38 bits per heavy atom. The normalized spacial score (nSPS) is 10.9. The van der Waals surface area contributed by atoms with E-state index in [-0.39, 0.29) is 0 Å². The Hall–Kier alpha value is -3.05. The summed E-state index contributed by atoms with van der Waals surface area (Å²) in [6.45, 7) is 0. The van der Waals surface area contributed by atoms with E-state index >= 15 is 0 Å². The van der Waals surface area contributed by atoms with Crippen molar-refractivity contribution in [2.75, 3.05) is 19.5 Å². The zero-order chi connectivity index (χ0) is 18.1. The van der Waals surface area contributed by atoms with Gasteiger partial charge in [0.1, 0.15) is 11.3 Å². The third kappa shape index (κ3) is 2.97. The van der Waals surface area contributed by atoms with Crippen LogP contribution in [0.1, 0.15) is 0 Å². The maximum absolute atomic E-state index is 6.15. The molecule has 130 valence electrons. The largest absolute Gasteiger partial charge is 0.497 e. The van der Waals surface area contributed by atoms with E-state index in [9.17, 15) is 0 Å². The summed E-state index contributed by atoms with van der Waals surface area (Å²) in [5.74, 6) is 1.33. The monoisotopic (exact) mass is 365 g/mol. The number of nitrogens with zero attached hydrogens (tertiary/aromatic N) is 2. The number of hydrogen-bond donors (Lipinski definition) is 1. The molecule has 0 aliphatic rings. The van der Waals surface area contributed by atoms with Gasteiger partial charge in [0, 0.05) is 22.2 Å². The maximum Gasteiger partial charge on any atom is 0.213 e. The SMILES string of the molecule is COc1ccc(Nc2c3ccc(Cl)cc3nc3ccc(OC)nc23)cc1. The van der Waals surface area contributed by atoms with Gasteiger partial charge in [-0.1, -0.05) is 11.6 Å². The van der Waals surface area contributed by atoms with Gasteiger partial charge in [-0.15, -0.1) is 0 Å². The maximum atomic E-state index is 6.15. The van der Waals surface area contributed by atoms with Crippen molar-refractivity contribution in [2.45, 2.75) is 0 Å². The lowest BCUT2D eigenvalue weighted by Crippen LogP contribution is -1.98. The highest BCUT2D eigenvalue weighted by Gasteiger charge is 2.12. The number of aromatic nitrogens is 2. The number of methoxy groups -OCH3 is 2. The molecule has 4 aromatic rings. The summed E-state index contributed by atoms with van der Waals surface area (Å²) in [6, 6.07) is 17.0. The highest BCUT2D eigenvalue weighted by Crippen LogP contribution is 2.34. The van der Waals surface area contributed by atoms with Gasteiger partial charge in [0.15, 0.2) is 0 Å². The fraction of sp³-hybridized carbons (Fsp3) is 0.100. The second-order valence-corrected chi connectivity index (χ2v) is 6.16. The third-order valence-corrected chi connectivity index (χ3v) is 4.36. The molecule has 0 unspecified atom stereocenters. The van der Waals surface area contributed by atoms with Crippen LogP contribution < -0.4 is 14.8 Å². The molecule has 0 saturated carbocycles. The van der Waals surface area contributed by atoms with Gasteiger partial charge in [-0.05, 0) is 48.5 Å². The van der Waals surface area contributed by atoms with E-state index in [1.165, 1.54) is 0 Å². The third-order valence-electron chi connectivity index (χ3n) is 4.12. The number of rotatable bonds is 4. The van der Waals surface area contributed by atoms with E-state index < -0.39 is 0 Å². The summed E-state index contributed by atoms with van der Waals surface area (Å²) in [7, 11) is 3.24. The molecule has 2 aromatic heterocycles. The predicted molar refractivity (Wildman–Crippen MR) is 105 cm³/mol. The van der Waals surface area contributed by atoms with Crippen LogP contribution in [0, 0.1) is 0 Å². The highest BCUT2D eigenvalue weighted by molar-refractivity contribution is 6.31. The minimum atomic E-state index is 0.533. The molecular formula is C20H16ClN3O2. The van der Waals surface area contributed by atoms with Crippen LogP contribution in [0.2, 0.25) is 5.02 Å². The van der Waals surface area contributed by atoms with Crippen molar-refractivity contribution in [1.29, 1.82) is 0 Å². The number of ether oxygens (including phenoxy) is 2. The minimum Gasteiger partial charge on any atom is -0.497 e. The quantitative estimate of drug-likeness (QED) is 0.504. The summed E-state index contributed by atoms with van der Waals surface area (Å²) in [4.78, 5) is 9.27. The predicted octanol–water partition coefficient (Wildman–Crippen LogP) is 5.20. The van der Waals surface area contributed by atoms with Crippen molar-refractivity contribution in [3.8, 4) is 11.6 Å². The van der Waals surface area contributed by atoms with Gasteiger partial charge in [-0.25, -0.2) is 9.97 Å². The Balaban J connectivity index is 1.94. The van der Waals surface area contributed by atoms with Crippen LogP contribution in [0.25, 0.3) is 21.9 Å². The van der Waals surface area contributed by atoms with Gasteiger partial charge in [-0.2, -0.15) is 0 Å². The van der Waals surface area contributed by atoms with E-state index in [1.54, 1.807) is 20.3 Å². The first kappa shape index (κ1) is 16.4. The summed E-state index contributed by atoms with van der Waals surface area (Å²) < 4.78 is 10.5. The number of halogens is 1. The summed E-state index contributed by atoms with van der Waals surface area (Å²) >= 11 is 6.15. The fourth-order valence-corrected chi connectivity index (χ4v) is 3.00. The van der Waals surface area contributed by atoms with Crippen LogP contribution in [0.3, 0.4) is 0 Å². The average Bonchev–Trinajstić information content (AvgIpc) is 2.67. The van der Waals surface area contributed by atoms with Crippen molar-refractivity contribution in [3.63, 3.8) is 0 Å². The molecule has 0 bridgehead atoms. The Labute approximate surface area is 155 Å². The summed E-state index contributed by atoms with van der Waals surface area (Å²) in [5.41, 5.74) is 4.06. The van der Waals surface area contributed by atoms with E-state index in [1.807, 2.05) is 48.5 Å². The molecule has 0 aliphatic carbocycles. The van der Waals surface area contributed by atoms with Gasteiger partial charge in [-0.3, -0.25) is 0 Å². The number of benzene rings is 2. The lowest BCUT2D eigenvalue weighted by Gasteiger charge is -2.14. The molecule has 0 spiro atoms. The van der Waals surface area contributed by atoms with Gasteiger partial charge in [0.2, 0.25) is 5.88 Å². The molecular weight excluding hydrogens is 350 g/mol. The molecule has 2 aromatic carbocycles. The molecule has 0 amide bonds. The lowest BCUT2D eigenvalue weighted by molar-refractivity contribution is 0.399. The first-order chi connectivity index (χ1) is 12.7. The first-order valence-electron chi connectivity index (χ1n) is 8.03. The Morgan fingerprint density at radius 2 is 1.65 bits per heavy atom. The molecule has 6 heteroatoms. The van der Waals surface area contributed by atoms with Gasteiger partial charge in [0.05, 0.1) is 30.9 Å². The van der Waals surface area contributed by atoms with Gasteiger partial charge in [0.25, 0.3) is 0 Å². The smallest absolute Gasteiger partial charge is 0.213 e. The molecule has 0 fully saturated rings. The summed E-state index contributed by atoms with van der Waals surface area (Å²) in [6.07, 6.45) is 0. The van der Waals surface area contributed by atoms with Crippen molar-refractivity contribution in [3.05, 3.63) is 59.6 Å². The van der Waals surface area contributed by atoms with E-state index in [2.05, 4.69) is 15.3 Å². The Morgan fingerprint density at radius 1 is 0.846 bits per heavy atom. The average molecular weight is 366 g/mol. The van der Waals surface area contributed by atoms with E-state index in [0.717, 1.165) is 39.1 Å². The number of fused-ring (bicyclic) bond motifs is 2. The minimum absolute atomic E-state index is 0.533. The second kappa shape index (κ2) is 6.69. The standard InChI is InChI=1S/C20H16ClN3O2/c1-25-14-6-4-13(5-7-14)22-19-15-8-3-12(21)11-17(15)23-16-9-10-18(26-2)24-20(16)19/h3-11H,1-2H3,(H,22,23). The summed E-state index contributed by atoms with van der Waals surface area (Å²) in [5, 5.41) is 5.02. The van der Waals surface area contributed by atoms with Crippen molar-refractivity contribution in [2.24, 2.45) is 0 Å². The van der Waals surface area contributed by atoms with Crippen LogP contribution >= 0.6 is 11.6 Å². The topological polar surface area (TPSA) is 56.3 Å². The molecule has 0 radical (unpaired) electrons. The Bertz CT molecular complexity index is 1100. The Kier molecular flexibility index (Phi) is 4.22. The van der Waals surface area contributed by atoms with Gasteiger partial charge < -0.3 is 14.8 Å². The van der Waals surface area contributed by atoms with Crippen LogP contribution in [-0.2, 0) is 0 Å². The molecule has 1 N–H and O–H groups in total. The molecule has 0 saturated heterocycles. The van der Waals surface area contributed by atoms with Crippen LogP contribution in [0.4, 0.5) is 11.4 Å².